The first kappa shape index (κ1) is 21.3. The summed E-state index contributed by atoms with van der Waals surface area (Å²) in [4.78, 5) is 20.0. The van der Waals surface area contributed by atoms with Gasteiger partial charge < -0.3 is 9.72 Å². The lowest BCUT2D eigenvalue weighted by Gasteiger charge is -2.11. The molecule has 0 spiro atoms. The molecule has 0 aliphatic heterocycles. The van der Waals surface area contributed by atoms with Crippen LogP contribution < -0.4 is 10.3 Å². The van der Waals surface area contributed by atoms with Gasteiger partial charge in [-0.15, -0.1) is 0 Å². The van der Waals surface area contributed by atoms with E-state index < -0.39 is 5.82 Å². The number of thioether (sulfide) groups is 1. The van der Waals surface area contributed by atoms with Gasteiger partial charge in [-0.25, -0.2) is 9.37 Å². The van der Waals surface area contributed by atoms with Crippen LogP contribution in [0, 0.1) is 9.77 Å². The summed E-state index contributed by atoms with van der Waals surface area (Å²) in [6.45, 7) is 0. The summed E-state index contributed by atoms with van der Waals surface area (Å²) in [7, 11) is 1.54. The smallest absolute Gasteiger partial charge is 0.271 e. The highest BCUT2D eigenvalue weighted by Crippen LogP contribution is 2.32. The molecule has 0 radical (unpaired) electrons. The molecule has 11 heteroatoms. The lowest BCUT2D eigenvalue weighted by Crippen LogP contribution is -2.09. The van der Waals surface area contributed by atoms with Crippen molar-refractivity contribution >= 4 is 68.9 Å². The molecule has 0 atom stereocenters. The predicted molar refractivity (Wildman–Crippen MR) is 123 cm³/mol. The molecule has 154 valence electrons. The fraction of sp³-hybridized carbons (Fsp3) is 0.105. The zero-order valence-corrected chi connectivity index (χ0v) is 19.2. The van der Waals surface area contributed by atoms with Gasteiger partial charge in [0, 0.05) is 15.8 Å². The number of aromatic amines is 1. The van der Waals surface area contributed by atoms with Gasteiger partial charge in [-0.1, -0.05) is 52.4 Å². The van der Waals surface area contributed by atoms with Crippen molar-refractivity contribution in [3.05, 3.63) is 72.1 Å². The highest BCUT2D eigenvalue weighted by Gasteiger charge is 2.17. The van der Waals surface area contributed by atoms with Crippen LogP contribution in [-0.2, 0) is 5.75 Å². The van der Waals surface area contributed by atoms with Gasteiger partial charge in [0.2, 0.25) is 0 Å². The number of rotatable bonds is 5. The van der Waals surface area contributed by atoms with Gasteiger partial charge in [-0.3, -0.25) is 9.36 Å². The van der Waals surface area contributed by atoms with Crippen LogP contribution in [0.2, 0.25) is 10.0 Å². The first-order chi connectivity index (χ1) is 14.4. The van der Waals surface area contributed by atoms with Crippen LogP contribution in [0.5, 0.6) is 5.75 Å². The summed E-state index contributed by atoms with van der Waals surface area (Å²) in [5.74, 6) is 0.540. The average molecular weight is 500 g/mol. The summed E-state index contributed by atoms with van der Waals surface area (Å²) in [5, 5.41) is 1.20. The quantitative estimate of drug-likeness (QED) is 0.199. The van der Waals surface area contributed by atoms with Crippen LogP contribution in [0.4, 0.5) is 4.39 Å². The molecular formula is C19H12Cl2FN3O2S3. The number of H-pyrrole nitrogens is 1. The van der Waals surface area contributed by atoms with Crippen LogP contribution in [0.1, 0.15) is 5.56 Å². The maximum absolute atomic E-state index is 13.3. The number of methoxy groups -OCH3 is 1. The highest BCUT2D eigenvalue weighted by molar-refractivity contribution is 7.98. The van der Waals surface area contributed by atoms with Gasteiger partial charge in [0.15, 0.2) is 14.8 Å². The molecule has 0 fully saturated rings. The minimum absolute atomic E-state index is 0.302. The van der Waals surface area contributed by atoms with Gasteiger partial charge >= 0.3 is 0 Å². The summed E-state index contributed by atoms with van der Waals surface area (Å²) < 4.78 is 21.2. The number of ether oxygens (including phenoxy) is 1. The number of fused-ring (bicyclic) bond motifs is 1. The van der Waals surface area contributed by atoms with E-state index in [2.05, 4.69) is 9.97 Å². The number of nitrogens with zero attached hydrogens (tertiary/aromatic N) is 2. The predicted octanol–water partition coefficient (Wildman–Crippen LogP) is 6.25. The number of thiazole rings is 1. The average Bonchev–Trinajstić information content (AvgIpc) is 3.03. The van der Waals surface area contributed by atoms with Crippen LogP contribution in [0.15, 0.2) is 46.3 Å². The second kappa shape index (κ2) is 8.68. The number of halogens is 3. The first-order valence-corrected chi connectivity index (χ1v) is 11.4. The van der Waals surface area contributed by atoms with E-state index in [9.17, 15) is 9.18 Å². The van der Waals surface area contributed by atoms with Crippen LogP contribution in [0.25, 0.3) is 16.0 Å². The highest BCUT2D eigenvalue weighted by atomic mass is 35.5. The molecule has 2 heterocycles. The van der Waals surface area contributed by atoms with Crippen molar-refractivity contribution in [2.45, 2.75) is 10.9 Å². The molecule has 2 aromatic carbocycles. The van der Waals surface area contributed by atoms with Gasteiger partial charge in [0.25, 0.3) is 5.56 Å². The molecule has 1 N–H and O–H groups in total. The largest absolute Gasteiger partial charge is 0.495 e. The first-order valence-electron chi connectivity index (χ1n) is 8.44. The van der Waals surface area contributed by atoms with E-state index in [1.807, 2.05) is 0 Å². The molecule has 0 aliphatic carbocycles. The monoisotopic (exact) mass is 499 g/mol. The molecule has 0 saturated carbocycles. The Morgan fingerprint density at radius 2 is 2.10 bits per heavy atom. The number of benzene rings is 2. The number of hydrogen-bond acceptors (Lipinski definition) is 6. The van der Waals surface area contributed by atoms with Crippen molar-refractivity contribution in [3.8, 4) is 11.4 Å². The molecule has 0 aliphatic rings. The third-order valence-electron chi connectivity index (χ3n) is 4.18. The SMILES string of the molecule is COc1ccc(Cl)cc1-n1c(=S)sc2c(=O)[nH]c(SCc3ccc(F)cc3Cl)nc21. The third kappa shape index (κ3) is 4.13. The van der Waals surface area contributed by atoms with E-state index in [0.29, 0.717) is 46.7 Å². The van der Waals surface area contributed by atoms with Gasteiger partial charge in [-0.05, 0) is 48.1 Å². The molecule has 0 unspecified atom stereocenters. The zero-order chi connectivity index (χ0) is 21.4. The molecule has 5 nitrogen and oxygen atoms in total. The summed E-state index contributed by atoms with van der Waals surface area (Å²) in [6.07, 6.45) is 0. The number of nitrogens with one attached hydrogen (secondary N) is 1. The molecule has 4 aromatic rings. The van der Waals surface area contributed by atoms with Gasteiger partial charge in [0.1, 0.15) is 16.3 Å². The number of hydrogen-bond donors (Lipinski definition) is 1. The van der Waals surface area contributed by atoms with Gasteiger partial charge in [0.05, 0.1) is 12.8 Å². The summed E-state index contributed by atoms with van der Waals surface area (Å²) in [6, 6.07) is 9.32. The van der Waals surface area contributed by atoms with Crippen molar-refractivity contribution < 1.29 is 9.13 Å². The standard InChI is InChI=1S/C19H12Cl2FN3O2S3/c1-27-14-5-3-10(20)6-13(14)25-16-15(30-19(25)28)17(26)24-18(23-16)29-8-9-2-4-11(22)7-12(9)21/h2-7H,8H2,1H3,(H,23,24,26). The molecule has 30 heavy (non-hydrogen) atoms. The fourth-order valence-corrected chi connectivity index (χ4v) is 5.39. The zero-order valence-electron chi connectivity index (χ0n) is 15.2. The van der Waals surface area contributed by atoms with Crippen molar-refractivity contribution in [1.82, 2.24) is 14.5 Å². The topological polar surface area (TPSA) is 59.9 Å². The minimum atomic E-state index is -0.408. The van der Waals surface area contributed by atoms with E-state index in [1.165, 1.54) is 23.9 Å². The molecule has 0 amide bonds. The van der Waals surface area contributed by atoms with Crippen LogP contribution in [0.3, 0.4) is 0 Å². The van der Waals surface area contributed by atoms with Crippen molar-refractivity contribution in [2.24, 2.45) is 0 Å². The van der Waals surface area contributed by atoms with Crippen molar-refractivity contribution in [2.75, 3.05) is 7.11 Å². The molecule has 2 aromatic heterocycles. The van der Waals surface area contributed by atoms with E-state index >= 15 is 0 Å². The molecule has 4 rings (SSSR count). The summed E-state index contributed by atoms with van der Waals surface area (Å²) in [5.41, 5.74) is 1.42. The lowest BCUT2D eigenvalue weighted by molar-refractivity contribution is 0.413. The Hall–Kier alpha value is -1.91. The van der Waals surface area contributed by atoms with E-state index in [1.54, 1.807) is 35.9 Å². The Kier molecular flexibility index (Phi) is 6.17. The second-order valence-electron chi connectivity index (χ2n) is 6.07. The van der Waals surface area contributed by atoms with E-state index in [0.717, 1.165) is 16.9 Å². The molecule has 0 bridgehead atoms. The Morgan fingerprint density at radius 1 is 1.30 bits per heavy atom. The molecule has 0 saturated heterocycles. The third-order valence-corrected chi connectivity index (χ3v) is 7.05. The fourth-order valence-electron chi connectivity index (χ4n) is 2.80. The minimum Gasteiger partial charge on any atom is -0.495 e. The lowest BCUT2D eigenvalue weighted by atomic mass is 10.2. The van der Waals surface area contributed by atoms with Crippen molar-refractivity contribution in [3.63, 3.8) is 0 Å². The van der Waals surface area contributed by atoms with Crippen LogP contribution in [-0.4, -0.2) is 21.6 Å². The normalized spacial score (nSPS) is 11.2. The van der Waals surface area contributed by atoms with Crippen molar-refractivity contribution in [1.29, 1.82) is 0 Å². The second-order valence-corrected chi connectivity index (χ2v) is 9.52. The Balaban J connectivity index is 1.80. The molecular weight excluding hydrogens is 488 g/mol. The van der Waals surface area contributed by atoms with Gasteiger partial charge in [-0.2, -0.15) is 0 Å². The Bertz CT molecular complexity index is 1380. The number of aromatic nitrogens is 3. The van der Waals surface area contributed by atoms with E-state index in [-0.39, 0.29) is 5.56 Å². The Labute approximate surface area is 193 Å². The van der Waals surface area contributed by atoms with E-state index in [4.69, 9.17) is 40.2 Å². The van der Waals surface area contributed by atoms with Crippen LogP contribution >= 0.6 is 58.5 Å². The maximum atomic E-state index is 13.3. The summed E-state index contributed by atoms with van der Waals surface area (Å²) >= 11 is 20.2. The maximum Gasteiger partial charge on any atom is 0.271 e. The Morgan fingerprint density at radius 3 is 2.83 bits per heavy atom.